The molecule has 27 heavy (non-hydrogen) atoms. The van der Waals surface area contributed by atoms with Gasteiger partial charge in [0.2, 0.25) is 0 Å². The summed E-state index contributed by atoms with van der Waals surface area (Å²) in [4.78, 5) is 17.1. The predicted molar refractivity (Wildman–Crippen MR) is 110 cm³/mol. The molecule has 0 amide bonds. The zero-order chi connectivity index (χ0) is 17.3. The van der Waals surface area contributed by atoms with Gasteiger partial charge in [0.05, 0.1) is 22.5 Å². The first-order chi connectivity index (χ1) is 12.9. The summed E-state index contributed by atoms with van der Waals surface area (Å²) in [5.74, 6) is 1.92. The van der Waals surface area contributed by atoms with Crippen LogP contribution in [-0.2, 0) is 0 Å². The molecule has 0 aromatic carbocycles. The first kappa shape index (κ1) is 18.3. The van der Waals surface area contributed by atoms with Crippen LogP contribution in [0.2, 0.25) is 0 Å². The van der Waals surface area contributed by atoms with Crippen molar-refractivity contribution >= 4 is 45.9 Å². The molecule has 2 aliphatic rings. The third-order valence-corrected chi connectivity index (χ3v) is 5.88. The summed E-state index contributed by atoms with van der Waals surface area (Å²) in [6.45, 7) is 2.98. The first-order valence-electron chi connectivity index (χ1n) is 8.91. The first-order valence-corrected chi connectivity index (χ1v) is 9.89. The lowest BCUT2D eigenvalue weighted by atomic mass is 10.1. The highest BCUT2D eigenvalue weighted by Crippen LogP contribution is 2.33. The number of anilines is 1. The van der Waals surface area contributed by atoms with E-state index in [1.54, 1.807) is 6.33 Å². The van der Waals surface area contributed by atoms with E-state index >= 15 is 0 Å². The Morgan fingerprint density at radius 3 is 2.96 bits per heavy atom. The summed E-state index contributed by atoms with van der Waals surface area (Å²) in [5, 5.41) is 13.7. The van der Waals surface area contributed by atoms with Crippen LogP contribution in [0.15, 0.2) is 31.0 Å². The van der Waals surface area contributed by atoms with E-state index < -0.39 is 0 Å². The fourth-order valence-electron chi connectivity index (χ4n) is 3.49. The third kappa shape index (κ3) is 3.54. The van der Waals surface area contributed by atoms with Gasteiger partial charge in [-0.05, 0) is 32.0 Å². The van der Waals surface area contributed by atoms with Crippen LogP contribution in [-0.4, -0.2) is 55.3 Å². The highest BCUT2D eigenvalue weighted by atomic mass is 35.5. The molecule has 0 bridgehead atoms. The standard InChI is InChI=1S/C17H20N8S.ClH/c1-4-18-5-2-12(1)25-22-9-14(23-25)15-10-24(7-8-26-15)17-13-3-6-19-16(13)20-11-21-17;/h3,6,9-12,18H,1-2,4-5,7-8H2,(H,19,20,21);1H. The van der Waals surface area contributed by atoms with E-state index in [0.717, 1.165) is 65.7 Å². The molecule has 0 unspecified atom stereocenters. The molecule has 1 fully saturated rings. The Balaban J connectivity index is 0.00000180. The lowest BCUT2D eigenvalue weighted by Gasteiger charge is -2.25. The lowest BCUT2D eigenvalue weighted by Crippen LogP contribution is -2.30. The van der Waals surface area contributed by atoms with Crippen molar-refractivity contribution in [3.63, 3.8) is 0 Å². The van der Waals surface area contributed by atoms with Gasteiger partial charge in [0, 0.05) is 24.7 Å². The summed E-state index contributed by atoms with van der Waals surface area (Å²) in [7, 11) is 0. The summed E-state index contributed by atoms with van der Waals surface area (Å²) in [6, 6.07) is 2.42. The second-order valence-electron chi connectivity index (χ2n) is 6.50. The van der Waals surface area contributed by atoms with Crippen LogP contribution in [0.5, 0.6) is 0 Å². The molecule has 0 atom stereocenters. The maximum absolute atomic E-state index is 4.76. The number of thioether (sulfide) groups is 1. The number of H-pyrrole nitrogens is 1. The second-order valence-corrected chi connectivity index (χ2v) is 7.64. The number of hydrogen-bond acceptors (Lipinski definition) is 7. The zero-order valence-electron chi connectivity index (χ0n) is 14.7. The molecular formula is C17H21ClN8S. The molecule has 3 aromatic rings. The second kappa shape index (κ2) is 7.87. The highest BCUT2D eigenvalue weighted by Gasteiger charge is 2.21. The number of aromatic nitrogens is 6. The third-order valence-electron chi connectivity index (χ3n) is 4.86. The van der Waals surface area contributed by atoms with Gasteiger partial charge in [0.15, 0.2) is 0 Å². The topological polar surface area (TPSA) is 87.6 Å². The van der Waals surface area contributed by atoms with Gasteiger partial charge in [-0.1, -0.05) is 0 Å². The summed E-state index contributed by atoms with van der Waals surface area (Å²) < 4.78 is 0. The predicted octanol–water partition coefficient (Wildman–Crippen LogP) is 2.45. The van der Waals surface area contributed by atoms with Crippen LogP contribution in [0.3, 0.4) is 0 Å². The van der Waals surface area contributed by atoms with Gasteiger partial charge in [-0.15, -0.1) is 24.2 Å². The van der Waals surface area contributed by atoms with E-state index in [0.29, 0.717) is 6.04 Å². The van der Waals surface area contributed by atoms with Crippen LogP contribution in [0.1, 0.15) is 24.6 Å². The largest absolute Gasteiger partial charge is 0.346 e. The van der Waals surface area contributed by atoms with Crippen LogP contribution in [0, 0.1) is 0 Å². The molecule has 142 valence electrons. The van der Waals surface area contributed by atoms with Gasteiger partial charge < -0.3 is 15.2 Å². The quantitative estimate of drug-likeness (QED) is 0.693. The Bertz CT molecular complexity index is 945. The maximum atomic E-state index is 4.76. The summed E-state index contributed by atoms with van der Waals surface area (Å²) in [5.41, 5.74) is 1.80. The van der Waals surface area contributed by atoms with Crippen molar-refractivity contribution in [2.45, 2.75) is 18.9 Å². The Labute approximate surface area is 167 Å². The fourth-order valence-corrected chi connectivity index (χ4v) is 4.45. The SMILES string of the molecule is C1=C(c2cnn(C3CCNCC3)n2)SCCN1c1ncnc2[nH]ccc12.Cl. The van der Waals surface area contributed by atoms with Crippen molar-refractivity contribution in [3.8, 4) is 0 Å². The van der Waals surface area contributed by atoms with E-state index in [2.05, 4.69) is 36.5 Å². The molecule has 10 heteroatoms. The number of halogens is 1. The number of nitrogens with one attached hydrogen (secondary N) is 2. The molecule has 2 aliphatic heterocycles. The minimum atomic E-state index is 0. The molecule has 0 saturated carbocycles. The number of piperidine rings is 1. The molecule has 5 rings (SSSR count). The van der Waals surface area contributed by atoms with Crippen LogP contribution >= 0.6 is 24.2 Å². The minimum absolute atomic E-state index is 0. The van der Waals surface area contributed by atoms with Crippen molar-refractivity contribution in [1.82, 2.24) is 35.3 Å². The molecule has 1 saturated heterocycles. The van der Waals surface area contributed by atoms with Crippen molar-refractivity contribution in [1.29, 1.82) is 0 Å². The Kier molecular flexibility index (Phi) is 5.33. The van der Waals surface area contributed by atoms with Gasteiger partial charge in [0.25, 0.3) is 0 Å². The molecule has 0 aliphatic carbocycles. The number of aromatic amines is 1. The minimum Gasteiger partial charge on any atom is -0.346 e. The highest BCUT2D eigenvalue weighted by molar-refractivity contribution is 8.08. The average Bonchev–Trinajstić information content (AvgIpc) is 3.38. The van der Waals surface area contributed by atoms with Gasteiger partial charge >= 0.3 is 0 Å². The van der Waals surface area contributed by atoms with E-state index in [9.17, 15) is 0 Å². The van der Waals surface area contributed by atoms with Gasteiger partial charge in [-0.25, -0.2) is 9.97 Å². The van der Waals surface area contributed by atoms with E-state index in [-0.39, 0.29) is 12.4 Å². The van der Waals surface area contributed by atoms with E-state index in [4.69, 9.17) is 5.10 Å². The van der Waals surface area contributed by atoms with Crippen molar-refractivity contribution < 1.29 is 0 Å². The number of fused-ring (bicyclic) bond motifs is 1. The lowest BCUT2D eigenvalue weighted by molar-refractivity contribution is 0.313. The smallest absolute Gasteiger partial charge is 0.145 e. The fraction of sp³-hybridized carbons (Fsp3) is 0.412. The molecule has 2 N–H and O–H groups in total. The zero-order valence-corrected chi connectivity index (χ0v) is 16.3. The number of nitrogens with zero attached hydrogens (tertiary/aromatic N) is 6. The average molecular weight is 405 g/mol. The van der Waals surface area contributed by atoms with Gasteiger partial charge in [0.1, 0.15) is 23.5 Å². The van der Waals surface area contributed by atoms with Crippen molar-refractivity contribution in [3.05, 3.63) is 36.7 Å². The van der Waals surface area contributed by atoms with Crippen molar-refractivity contribution in [2.75, 3.05) is 30.3 Å². The number of hydrogen-bond donors (Lipinski definition) is 2. The van der Waals surface area contributed by atoms with E-state index in [1.807, 2.05) is 35.0 Å². The molecule has 0 spiro atoms. The number of rotatable bonds is 3. The monoisotopic (exact) mass is 404 g/mol. The molecular weight excluding hydrogens is 384 g/mol. The molecule has 5 heterocycles. The van der Waals surface area contributed by atoms with Gasteiger partial charge in [-0.2, -0.15) is 15.0 Å². The Morgan fingerprint density at radius 1 is 1.19 bits per heavy atom. The van der Waals surface area contributed by atoms with Crippen LogP contribution < -0.4 is 10.2 Å². The normalized spacial score (nSPS) is 18.4. The summed E-state index contributed by atoms with van der Waals surface area (Å²) in [6.07, 6.45) is 9.70. The van der Waals surface area contributed by atoms with Crippen molar-refractivity contribution in [2.24, 2.45) is 0 Å². The maximum Gasteiger partial charge on any atom is 0.145 e. The Morgan fingerprint density at radius 2 is 2.07 bits per heavy atom. The molecule has 0 radical (unpaired) electrons. The Hall–Kier alpha value is -2.10. The van der Waals surface area contributed by atoms with E-state index in [1.165, 1.54) is 0 Å². The summed E-state index contributed by atoms with van der Waals surface area (Å²) >= 11 is 1.82. The van der Waals surface area contributed by atoms with Crippen LogP contribution in [0.4, 0.5) is 5.82 Å². The molecule has 3 aromatic heterocycles. The van der Waals surface area contributed by atoms with Crippen LogP contribution in [0.25, 0.3) is 15.9 Å². The van der Waals surface area contributed by atoms with Gasteiger partial charge in [-0.3, -0.25) is 0 Å². The molecule has 8 nitrogen and oxygen atoms in total.